The van der Waals surface area contributed by atoms with Gasteiger partial charge in [-0.2, -0.15) is 0 Å². The average molecular weight is 561 g/mol. The molecule has 0 atom stereocenters. The van der Waals surface area contributed by atoms with Crippen molar-refractivity contribution in [2.24, 2.45) is 0 Å². The van der Waals surface area contributed by atoms with E-state index in [0.29, 0.717) is 19.0 Å². The van der Waals surface area contributed by atoms with Crippen LogP contribution in [0.25, 0.3) is 0 Å². The van der Waals surface area contributed by atoms with E-state index in [2.05, 4.69) is 9.80 Å². The summed E-state index contributed by atoms with van der Waals surface area (Å²) in [4.78, 5) is 24.2. The highest BCUT2D eigenvalue weighted by molar-refractivity contribution is 6.32. The molecule has 0 amide bonds. The molecule has 0 radical (unpaired) electrons. The zero-order valence-corrected chi connectivity index (χ0v) is 21.9. The van der Waals surface area contributed by atoms with Crippen LogP contribution in [0, 0.1) is 26.0 Å². The third-order valence-corrected chi connectivity index (χ3v) is 6.30. The summed E-state index contributed by atoms with van der Waals surface area (Å²) in [5.41, 5.74) is -0.233. The number of β-amino-alcohol motifs (C(OH)–C–C–N with tert-alkyl or cyclic N) is 1. The van der Waals surface area contributed by atoms with Crippen LogP contribution in [0.3, 0.4) is 0 Å². The lowest BCUT2D eigenvalue weighted by Gasteiger charge is -2.15. The quantitative estimate of drug-likeness (QED) is 0.346. The number of nitrogens with zero attached hydrogens (tertiary/aromatic N) is 4. The van der Waals surface area contributed by atoms with Crippen LogP contribution < -0.4 is 4.74 Å². The Labute approximate surface area is 224 Å². The summed E-state index contributed by atoms with van der Waals surface area (Å²) >= 11 is 11.2. The van der Waals surface area contributed by atoms with Gasteiger partial charge in [0, 0.05) is 37.4 Å². The fourth-order valence-corrected chi connectivity index (χ4v) is 4.16. The van der Waals surface area contributed by atoms with Crippen LogP contribution in [-0.4, -0.2) is 77.2 Å². The Bertz CT molecular complexity index is 1020. The highest BCUT2D eigenvalue weighted by atomic mass is 35.5. The molecule has 13 heteroatoms. The van der Waals surface area contributed by atoms with Crippen molar-refractivity contribution in [3.8, 4) is 5.75 Å². The van der Waals surface area contributed by atoms with E-state index in [0.717, 1.165) is 44.4 Å². The molecular weight excluding hydrogens is 530 g/mol. The molecule has 1 N–H and O–H groups in total. The zero-order valence-electron chi connectivity index (χ0n) is 20.4. The molecule has 0 bridgehead atoms. The average Bonchev–Trinajstić information content (AvgIpc) is 3.57. The van der Waals surface area contributed by atoms with Gasteiger partial charge >= 0.3 is 0 Å². The van der Waals surface area contributed by atoms with Crippen molar-refractivity contribution >= 4 is 34.6 Å². The van der Waals surface area contributed by atoms with Crippen molar-refractivity contribution in [1.29, 1.82) is 0 Å². The first-order chi connectivity index (χ1) is 17.7. The van der Waals surface area contributed by atoms with Crippen LogP contribution >= 0.6 is 23.2 Å². The van der Waals surface area contributed by atoms with Crippen molar-refractivity contribution in [1.82, 2.24) is 9.80 Å². The SMILES string of the molecule is O=[N+]([O-])c1ccc(F)c(Cl)c1.O=[N+]([O-])c1ccc(OCCN2CCCC2)c(Cl)c1.OCCN1CCCC1. The predicted octanol–water partition coefficient (Wildman–Crippen LogP) is 5.18. The molecule has 0 spiro atoms. The number of hydrogen-bond donors (Lipinski definition) is 1. The van der Waals surface area contributed by atoms with Gasteiger partial charge in [-0.15, -0.1) is 0 Å². The molecule has 2 aliphatic rings. The van der Waals surface area contributed by atoms with Gasteiger partial charge in [0.25, 0.3) is 11.4 Å². The lowest BCUT2D eigenvalue weighted by Crippen LogP contribution is -2.25. The second-order valence-electron chi connectivity index (χ2n) is 8.40. The first-order valence-corrected chi connectivity index (χ1v) is 12.7. The molecule has 0 saturated carbocycles. The van der Waals surface area contributed by atoms with Crippen LogP contribution in [0.5, 0.6) is 5.75 Å². The lowest BCUT2D eigenvalue weighted by molar-refractivity contribution is -0.385. The normalized spacial score (nSPS) is 15.4. The number of halogens is 3. The van der Waals surface area contributed by atoms with Crippen LogP contribution in [0.1, 0.15) is 25.7 Å². The molecule has 204 valence electrons. The van der Waals surface area contributed by atoms with E-state index >= 15 is 0 Å². The number of benzene rings is 2. The smallest absolute Gasteiger partial charge is 0.271 e. The number of hydrogen-bond acceptors (Lipinski definition) is 8. The lowest BCUT2D eigenvalue weighted by atomic mass is 10.3. The highest BCUT2D eigenvalue weighted by Gasteiger charge is 2.13. The minimum atomic E-state index is -0.655. The van der Waals surface area contributed by atoms with Gasteiger partial charge in [0.15, 0.2) is 0 Å². The van der Waals surface area contributed by atoms with E-state index < -0.39 is 15.7 Å². The van der Waals surface area contributed by atoms with Gasteiger partial charge < -0.3 is 14.7 Å². The summed E-state index contributed by atoms with van der Waals surface area (Å²) in [6.07, 6.45) is 5.14. The van der Waals surface area contributed by atoms with Crippen molar-refractivity contribution in [3.05, 3.63) is 72.5 Å². The third kappa shape index (κ3) is 11.1. The Morgan fingerprint density at radius 3 is 1.78 bits per heavy atom. The summed E-state index contributed by atoms with van der Waals surface area (Å²) in [7, 11) is 0. The van der Waals surface area contributed by atoms with Crippen LogP contribution in [0.15, 0.2) is 36.4 Å². The van der Waals surface area contributed by atoms with Gasteiger partial charge in [-0.25, -0.2) is 4.39 Å². The minimum Gasteiger partial charge on any atom is -0.491 e. The number of aliphatic hydroxyl groups excluding tert-OH is 1. The standard InChI is InChI=1S/C12H15ClN2O3.C6H3ClFNO2.C6H13NO/c13-11-9-10(15(16)17)3-4-12(11)18-8-7-14-5-1-2-6-14;7-5-3-4(9(10)11)1-2-6(5)8;8-6-5-7-3-1-2-4-7/h3-4,9H,1-2,5-8H2;1-3H;8H,1-6H2. The number of non-ortho nitro benzene ring substituents is 2. The largest absolute Gasteiger partial charge is 0.491 e. The Morgan fingerprint density at radius 1 is 0.838 bits per heavy atom. The molecule has 4 rings (SSSR count). The van der Waals surface area contributed by atoms with Crippen molar-refractivity contribution < 1.29 is 24.1 Å². The van der Waals surface area contributed by atoms with E-state index in [1.807, 2.05) is 0 Å². The molecule has 2 saturated heterocycles. The van der Waals surface area contributed by atoms with Gasteiger partial charge in [0.1, 0.15) is 18.2 Å². The topological polar surface area (TPSA) is 122 Å². The van der Waals surface area contributed by atoms with E-state index in [4.69, 9.17) is 33.0 Å². The maximum Gasteiger partial charge on any atom is 0.271 e. The van der Waals surface area contributed by atoms with Gasteiger partial charge in [-0.1, -0.05) is 23.2 Å². The molecule has 10 nitrogen and oxygen atoms in total. The van der Waals surface area contributed by atoms with Gasteiger partial charge in [0.2, 0.25) is 0 Å². The second-order valence-corrected chi connectivity index (χ2v) is 9.21. The summed E-state index contributed by atoms with van der Waals surface area (Å²) in [5, 5.41) is 29.2. The zero-order chi connectivity index (χ0) is 27.2. The fraction of sp³-hybridized carbons (Fsp3) is 0.500. The molecule has 2 aromatic carbocycles. The Hall–Kier alpha value is -2.57. The van der Waals surface area contributed by atoms with Gasteiger partial charge in [-0.05, 0) is 64.0 Å². The first-order valence-electron chi connectivity index (χ1n) is 11.9. The third-order valence-electron chi connectivity index (χ3n) is 5.72. The van der Waals surface area contributed by atoms with Crippen molar-refractivity contribution in [2.45, 2.75) is 25.7 Å². The first kappa shape index (κ1) is 30.7. The molecule has 2 heterocycles. The van der Waals surface area contributed by atoms with E-state index in [1.54, 1.807) is 6.07 Å². The molecule has 2 aromatic rings. The molecule has 2 fully saturated rings. The molecule has 0 unspecified atom stereocenters. The molecular formula is C24H31Cl2FN4O6. The number of rotatable bonds is 8. The number of aliphatic hydroxyl groups is 1. The van der Waals surface area contributed by atoms with Gasteiger partial charge in [0.05, 0.1) is 26.5 Å². The Morgan fingerprint density at radius 2 is 1.32 bits per heavy atom. The van der Waals surface area contributed by atoms with Crippen molar-refractivity contribution in [3.63, 3.8) is 0 Å². The van der Waals surface area contributed by atoms with Gasteiger partial charge in [-0.3, -0.25) is 25.1 Å². The van der Waals surface area contributed by atoms with E-state index in [1.165, 1.54) is 50.9 Å². The van der Waals surface area contributed by atoms with E-state index in [-0.39, 0.29) is 21.4 Å². The molecule has 0 aliphatic carbocycles. The van der Waals surface area contributed by atoms with Crippen LogP contribution in [-0.2, 0) is 0 Å². The summed E-state index contributed by atoms with van der Waals surface area (Å²) in [5.74, 6) is -0.154. The second kappa shape index (κ2) is 16.3. The monoisotopic (exact) mass is 560 g/mol. The molecule has 0 aromatic heterocycles. The molecule has 37 heavy (non-hydrogen) atoms. The number of nitro groups is 2. The minimum absolute atomic E-state index is 0.0214. The summed E-state index contributed by atoms with van der Waals surface area (Å²) in [6, 6.07) is 7.24. The highest BCUT2D eigenvalue weighted by Crippen LogP contribution is 2.28. The number of ether oxygens (including phenoxy) is 1. The maximum atomic E-state index is 12.4. The van der Waals surface area contributed by atoms with Crippen LogP contribution in [0.4, 0.5) is 15.8 Å². The van der Waals surface area contributed by atoms with Crippen molar-refractivity contribution in [2.75, 3.05) is 52.5 Å². The summed E-state index contributed by atoms with van der Waals surface area (Å²) < 4.78 is 17.9. The number of nitro benzene ring substituents is 2. The predicted molar refractivity (Wildman–Crippen MR) is 140 cm³/mol. The van der Waals surface area contributed by atoms with E-state index in [9.17, 15) is 24.6 Å². The number of likely N-dealkylation sites (tertiary alicyclic amines) is 2. The van der Waals surface area contributed by atoms with Crippen LogP contribution in [0.2, 0.25) is 10.0 Å². The fourth-order valence-electron chi connectivity index (χ4n) is 3.76. The molecule has 2 aliphatic heterocycles. The Kier molecular flexibility index (Phi) is 13.5. The Balaban J connectivity index is 0.000000215. The maximum absolute atomic E-state index is 12.4. The summed E-state index contributed by atoms with van der Waals surface area (Å²) in [6.45, 7) is 7.25.